The first-order chi connectivity index (χ1) is 13.4. The molecule has 0 aliphatic carbocycles. The SMILES string of the molecule is CC(C)C1CN(C(=O)CCc2nncn2C)CCCN1Cc1ccc(F)cc1. The number of carbonyl (C=O) groups is 1. The fourth-order valence-corrected chi connectivity index (χ4v) is 3.85. The van der Waals surface area contributed by atoms with E-state index in [0.717, 1.165) is 44.0 Å². The van der Waals surface area contributed by atoms with Crippen LogP contribution in [0.2, 0.25) is 0 Å². The Morgan fingerprint density at radius 2 is 2.00 bits per heavy atom. The monoisotopic (exact) mass is 387 g/mol. The Labute approximate surface area is 166 Å². The van der Waals surface area contributed by atoms with E-state index in [1.807, 2.05) is 28.6 Å². The minimum atomic E-state index is -0.209. The number of aryl methyl sites for hydroxylation is 2. The van der Waals surface area contributed by atoms with Crippen LogP contribution in [0.4, 0.5) is 4.39 Å². The van der Waals surface area contributed by atoms with Gasteiger partial charge in [0.1, 0.15) is 18.0 Å². The van der Waals surface area contributed by atoms with Gasteiger partial charge in [-0.1, -0.05) is 26.0 Å². The quantitative estimate of drug-likeness (QED) is 0.765. The molecular weight excluding hydrogens is 357 g/mol. The number of nitrogens with zero attached hydrogens (tertiary/aromatic N) is 5. The first-order valence-corrected chi connectivity index (χ1v) is 10.0. The molecule has 1 aromatic carbocycles. The first-order valence-electron chi connectivity index (χ1n) is 10.0. The van der Waals surface area contributed by atoms with Gasteiger partial charge in [-0.25, -0.2) is 4.39 Å². The minimum Gasteiger partial charge on any atom is -0.341 e. The zero-order valence-electron chi connectivity index (χ0n) is 17.0. The molecule has 0 spiro atoms. The van der Waals surface area contributed by atoms with E-state index >= 15 is 0 Å². The highest BCUT2D eigenvalue weighted by molar-refractivity contribution is 5.76. The van der Waals surface area contributed by atoms with Crippen molar-refractivity contribution in [1.82, 2.24) is 24.6 Å². The van der Waals surface area contributed by atoms with E-state index in [4.69, 9.17) is 0 Å². The molecule has 0 saturated carbocycles. The van der Waals surface area contributed by atoms with Gasteiger partial charge >= 0.3 is 0 Å². The Kier molecular flexibility index (Phi) is 6.78. The fraction of sp³-hybridized carbons (Fsp3) is 0.571. The van der Waals surface area contributed by atoms with E-state index in [0.29, 0.717) is 18.8 Å². The van der Waals surface area contributed by atoms with Gasteiger partial charge in [-0.15, -0.1) is 10.2 Å². The summed E-state index contributed by atoms with van der Waals surface area (Å²) in [6, 6.07) is 7.01. The third kappa shape index (κ3) is 5.16. The van der Waals surface area contributed by atoms with E-state index in [2.05, 4.69) is 28.9 Å². The van der Waals surface area contributed by atoms with Gasteiger partial charge in [0.05, 0.1) is 0 Å². The molecule has 1 atom stereocenters. The Morgan fingerprint density at radius 3 is 2.64 bits per heavy atom. The summed E-state index contributed by atoms with van der Waals surface area (Å²) in [5.41, 5.74) is 1.11. The van der Waals surface area contributed by atoms with Crippen LogP contribution in [0, 0.1) is 11.7 Å². The summed E-state index contributed by atoms with van der Waals surface area (Å²) in [7, 11) is 1.90. The number of carbonyl (C=O) groups excluding carboxylic acids is 1. The number of hydrogen-bond acceptors (Lipinski definition) is 4. The molecule has 2 heterocycles. The van der Waals surface area contributed by atoms with Crippen LogP contribution in [-0.2, 0) is 24.8 Å². The van der Waals surface area contributed by atoms with Crippen molar-refractivity contribution in [3.63, 3.8) is 0 Å². The van der Waals surface area contributed by atoms with Crippen LogP contribution >= 0.6 is 0 Å². The zero-order chi connectivity index (χ0) is 20.1. The molecule has 1 unspecified atom stereocenters. The van der Waals surface area contributed by atoms with E-state index in [1.54, 1.807) is 6.33 Å². The Balaban J connectivity index is 1.63. The van der Waals surface area contributed by atoms with Crippen molar-refractivity contribution in [3.05, 3.63) is 47.8 Å². The molecule has 1 aliphatic rings. The Hall–Kier alpha value is -2.28. The van der Waals surface area contributed by atoms with E-state index in [9.17, 15) is 9.18 Å². The predicted octanol–water partition coefficient (Wildman–Crippen LogP) is 2.65. The summed E-state index contributed by atoms with van der Waals surface area (Å²) in [6.07, 6.45) is 3.67. The average molecular weight is 388 g/mol. The summed E-state index contributed by atoms with van der Waals surface area (Å²) >= 11 is 0. The highest BCUT2D eigenvalue weighted by atomic mass is 19.1. The van der Waals surface area contributed by atoms with E-state index < -0.39 is 0 Å². The van der Waals surface area contributed by atoms with Crippen molar-refractivity contribution in [3.8, 4) is 0 Å². The molecule has 1 fully saturated rings. The smallest absolute Gasteiger partial charge is 0.223 e. The van der Waals surface area contributed by atoms with Crippen LogP contribution in [0.25, 0.3) is 0 Å². The van der Waals surface area contributed by atoms with Crippen molar-refractivity contribution in [1.29, 1.82) is 0 Å². The van der Waals surface area contributed by atoms with Gasteiger partial charge < -0.3 is 9.47 Å². The number of hydrogen-bond donors (Lipinski definition) is 0. The molecule has 152 valence electrons. The molecule has 7 heteroatoms. The molecule has 3 rings (SSSR count). The maximum Gasteiger partial charge on any atom is 0.223 e. The molecule has 0 bridgehead atoms. The highest BCUT2D eigenvalue weighted by Crippen LogP contribution is 2.21. The maximum atomic E-state index is 13.2. The number of aromatic nitrogens is 3. The average Bonchev–Trinajstić information content (AvgIpc) is 2.95. The standard InChI is InChI=1S/C21H30FN5O/c1-16(2)19-14-27(21(28)10-9-20-24-23-15-25(20)3)12-4-11-26(19)13-17-5-7-18(22)8-6-17/h5-8,15-16,19H,4,9-14H2,1-3H3. The van der Waals surface area contributed by atoms with Gasteiger partial charge in [0, 0.05) is 52.1 Å². The lowest BCUT2D eigenvalue weighted by Crippen LogP contribution is -2.45. The second-order valence-corrected chi connectivity index (χ2v) is 7.96. The largest absolute Gasteiger partial charge is 0.341 e. The van der Waals surface area contributed by atoms with Gasteiger partial charge in [-0.05, 0) is 30.0 Å². The van der Waals surface area contributed by atoms with Crippen molar-refractivity contribution in [2.45, 2.75) is 45.7 Å². The minimum absolute atomic E-state index is 0.178. The summed E-state index contributed by atoms with van der Waals surface area (Å²) < 4.78 is 15.1. The molecule has 1 saturated heterocycles. The van der Waals surface area contributed by atoms with Crippen LogP contribution in [-0.4, -0.2) is 56.1 Å². The van der Waals surface area contributed by atoms with Crippen LogP contribution in [0.15, 0.2) is 30.6 Å². The van der Waals surface area contributed by atoms with E-state index in [-0.39, 0.29) is 17.8 Å². The van der Waals surface area contributed by atoms with Crippen LogP contribution < -0.4 is 0 Å². The second-order valence-electron chi connectivity index (χ2n) is 7.96. The second kappa shape index (κ2) is 9.28. The summed E-state index contributed by atoms with van der Waals surface area (Å²) in [5, 5.41) is 7.94. The molecule has 1 amide bonds. The number of amides is 1. The van der Waals surface area contributed by atoms with Crippen molar-refractivity contribution < 1.29 is 9.18 Å². The highest BCUT2D eigenvalue weighted by Gasteiger charge is 2.29. The van der Waals surface area contributed by atoms with Gasteiger partial charge in [-0.3, -0.25) is 9.69 Å². The van der Waals surface area contributed by atoms with E-state index in [1.165, 1.54) is 12.1 Å². The molecule has 1 aliphatic heterocycles. The van der Waals surface area contributed by atoms with Crippen molar-refractivity contribution in [2.24, 2.45) is 13.0 Å². The van der Waals surface area contributed by atoms with Crippen LogP contribution in [0.1, 0.15) is 38.1 Å². The molecule has 0 N–H and O–H groups in total. The number of benzene rings is 1. The molecule has 28 heavy (non-hydrogen) atoms. The number of halogens is 1. The van der Waals surface area contributed by atoms with Crippen molar-refractivity contribution >= 4 is 5.91 Å². The molecule has 2 aromatic rings. The van der Waals surface area contributed by atoms with Crippen LogP contribution in [0.3, 0.4) is 0 Å². The summed E-state index contributed by atoms with van der Waals surface area (Å²) in [5.74, 6) is 1.23. The first kappa shape index (κ1) is 20.5. The van der Waals surface area contributed by atoms with Gasteiger partial charge in [-0.2, -0.15) is 0 Å². The number of rotatable bonds is 6. The molecule has 1 aromatic heterocycles. The zero-order valence-corrected chi connectivity index (χ0v) is 17.0. The van der Waals surface area contributed by atoms with Crippen molar-refractivity contribution in [2.75, 3.05) is 19.6 Å². The Bertz CT molecular complexity index is 773. The third-order valence-corrected chi connectivity index (χ3v) is 5.54. The molecule has 0 radical (unpaired) electrons. The third-order valence-electron chi connectivity index (χ3n) is 5.54. The molecular formula is C21H30FN5O. The maximum absolute atomic E-state index is 13.2. The lowest BCUT2D eigenvalue weighted by molar-refractivity contribution is -0.131. The predicted molar refractivity (Wildman–Crippen MR) is 106 cm³/mol. The summed E-state index contributed by atoms with van der Waals surface area (Å²) in [6.45, 7) is 7.64. The topological polar surface area (TPSA) is 54.3 Å². The van der Waals surface area contributed by atoms with Gasteiger partial charge in [0.15, 0.2) is 0 Å². The van der Waals surface area contributed by atoms with Gasteiger partial charge in [0.2, 0.25) is 5.91 Å². The normalized spacial score (nSPS) is 18.5. The van der Waals surface area contributed by atoms with Crippen LogP contribution in [0.5, 0.6) is 0 Å². The van der Waals surface area contributed by atoms with Gasteiger partial charge in [0.25, 0.3) is 0 Å². The Morgan fingerprint density at radius 1 is 1.25 bits per heavy atom. The molecule has 6 nitrogen and oxygen atoms in total. The fourth-order valence-electron chi connectivity index (χ4n) is 3.85. The lowest BCUT2D eigenvalue weighted by Gasteiger charge is -2.34. The lowest BCUT2D eigenvalue weighted by atomic mass is 10.0. The summed E-state index contributed by atoms with van der Waals surface area (Å²) in [4.78, 5) is 17.3.